The van der Waals surface area contributed by atoms with Crippen molar-refractivity contribution in [2.24, 2.45) is 0 Å². The van der Waals surface area contributed by atoms with E-state index < -0.39 is 0 Å². The predicted molar refractivity (Wildman–Crippen MR) is 97.5 cm³/mol. The van der Waals surface area contributed by atoms with E-state index in [9.17, 15) is 0 Å². The standard InChI is InChI=1S/C19H22N2S/c1-14-7-9-16(10-8-14)17-11-12-21(13-17)19(22)20-18-6-4-3-5-15(18)2/h3-10,17H,11-13H2,1-2H3,(H,20,22). The van der Waals surface area contributed by atoms with E-state index in [1.807, 2.05) is 12.1 Å². The maximum absolute atomic E-state index is 5.59. The average Bonchev–Trinajstić information content (AvgIpc) is 3.00. The quantitative estimate of drug-likeness (QED) is 0.823. The topological polar surface area (TPSA) is 15.3 Å². The Bertz CT molecular complexity index is 663. The van der Waals surface area contributed by atoms with E-state index in [0.29, 0.717) is 5.92 Å². The molecule has 2 aromatic carbocycles. The third-order valence-electron chi connectivity index (χ3n) is 4.41. The molecule has 0 aromatic heterocycles. The van der Waals surface area contributed by atoms with Crippen molar-refractivity contribution in [3.05, 3.63) is 65.2 Å². The van der Waals surface area contributed by atoms with Crippen LogP contribution in [0.25, 0.3) is 0 Å². The van der Waals surface area contributed by atoms with E-state index in [2.05, 4.69) is 60.5 Å². The van der Waals surface area contributed by atoms with Gasteiger partial charge in [-0.05, 0) is 49.7 Å². The number of likely N-dealkylation sites (tertiary alicyclic amines) is 1. The lowest BCUT2D eigenvalue weighted by Crippen LogP contribution is -2.32. The van der Waals surface area contributed by atoms with Gasteiger partial charge >= 0.3 is 0 Å². The molecule has 1 heterocycles. The van der Waals surface area contributed by atoms with Gasteiger partial charge in [-0.2, -0.15) is 0 Å². The maximum Gasteiger partial charge on any atom is 0.173 e. The lowest BCUT2D eigenvalue weighted by Gasteiger charge is -2.21. The Labute approximate surface area is 138 Å². The molecule has 1 aliphatic rings. The van der Waals surface area contributed by atoms with Crippen molar-refractivity contribution in [3.8, 4) is 0 Å². The largest absolute Gasteiger partial charge is 0.348 e. The van der Waals surface area contributed by atoms with Crippen LogP contribution in [0.4, 0.5) is 5.69 Å². The zero-order valence-electron chi connectivity index (χ0n) is 13.2. The van der Waals surface area contributed by atoms with Crippen LogP contribution in [-0.4, -0.2) is 23.1 Å². The Kier molecular flexibility index (Phi) is 4.44. The van der Waals surface area contributed by atoms with Crippen molar-refractivity contribution in [2.75, 3.05) is 18.4 Å². The molecule has 0 saturated carbocycles. The normalized spacial score (nSPS) is 17.5. The van der Waals surface area contributed by atoms with Gasteiger partial charge in [0.2, 0.25) is 0 Å². The van der Waals surface area contributed by atoms with E-state index in [1.54, 1.807) is 0 Å². The first-order valence-electron chi connectivity index (χ1n) is 7.81. The van der Waals surface area contributed by atoms with Crippen molar-refractivity contribution in [1.29, 1.82) is 0 Å². The minimum atomic E-state index is 0.581. The SMILES string of the molecule is Cc1ccc(C2CCN(C(=S)Nc3ccccc3C)C2)cc1. The number of nitrogens with zero attached hydrogens (tertiary/aromatic N) is 1. The molecular formula is C19H22N2S. The Balaban J connectivity index is 1.64. The van der Waals surface area contributed by atoms with E-state index >= 15 is 0 Å². The van der Waals surface area contributed by atoms with Crippen LogP contribution in [0.2, 0.25) is 0 Å². The summed E-state index contributed by atoms with van der Waals surface area (Å²) in [6.07, 6.45) is 1.17. The van der Waals surface area contributed by atoms with Gasteiger partial charge in [0.15, 0.2) is 5.11 Å². The fourth-order valence-corrected chi connectivity index (χ4v) is 3.24. The molecule has 1 atom stereocenters. The average molecular weight is 310 g/mol. The van der Waals surface area contributed by atoms with Gasteiger partial charge in [-0.3, -0.25) is 0 Å². The van der Waals surface area contributed by atoms with Crippen LogP contribution in [0.15, 0.2) is 48.5 Å². The molecular weight excluding hydrogens is 288 g/mol. The molecule has 0 amide bonds. The van der Waals surface area contributed by atoms with Gasteiger partial charge in [-0.25, -0.2) is 0 Å². The zero-order chi connectivity index (χ0) is 15.5. The number of hydrogen-bond donors (Lipinski definition) is 1. The molecule has 1 aliphatic heterocycles. The van der Waals surface area contributed by atoms with Gasteiger partial charge in [-0.15, -0.1) is 0 Å². The summed E-state index contributed by atoms with van der Waals surface area (Å²) in [6.45, 7) is 6.26. The first kappa shape index (κ1) is 15.0. The Hall–Kier alpha value is -1.87. The molecule has 0 radical (unpaired) electrons. The third-order valence-corrected chi connectivity index (χ3v) is 4.77. The minimum absolute atomic E-state index is 0.581. The van der Waals surface area contributed by atoms with Crippen LogP contribution in [0.1, 0.15) is 29.0 Å². The number of aryl methyl sites for hydroxylation is 2. The summed E-state index contributed by atoms with van der Waals surface area (Å²) in [6, 6.07) is 17.2. The van der Waals surface area contributed by atoms with Crippen LogP contribution in [0.5, 0.6) is 0 Å². The summed E-state index contributed by atoms with van der Waals surface area (Å²) in [5.41, 5.74) is 5.06. The summed E-state index contributed by atoms with van der Waals surface area (Å²) in [5.74, 6) is 0.581. The van der Waals surface area contributed by atoms with Gasteiger partial charge in [0, 0.05) is 24.7 Å². The maximum atomic E-state index is 5.59. The third kappa shape index (κ3) is 3.30. The Morgan fingerprint density at radius 2 is 1.82 bits per heavy atom. The minimum Gasteiger partial charge on any atom is -0.348 e. The highest BCUT2D eigenvalue weighted by atomic mass is 32.1. The molecule has 3 rings (SSSR count). The number of para-hydroxylation sites is 1. The molecule has 22 heavy (non-hydrogen) atoms. The van der Waals surface area contributed by atoms with Gasteiger partial charge in [0.25, 0.3) is 0 Å². The number of nitrogens with one attached hydrogen (secondary N) is 1. The van der Waals surface area contributed by atoms with Crippen LogP contribution < -0.4 is 5.32 Å². The Morgan fingerprint density at radius 3 is 2.55 bits per heavy atom. The molecule has 1 fully saturated rings. The molecule has 0 aliphatic carbocycles. The summed E-state index contributed by atoms with van der Waals surface area (Å²) in [7, 11) is 0. The Morgan fingerprint density at radius 1 is 1.09 bits per heavy atom. The molecule has 0 spiro atoms. The second-order valence-electron chi connectivity index (χ2n) is 6.09. The van der Waals surface area contributed by atoms with Crippen LogP contribution in [-0.2, 0) is 0 Å². The number of benzene rings is 2. The number of anilines is 1. The van der Waals surface area contributed by atoms with E-state index in [1.165, 1.54) is 23.1 Å². The second kappa shape index (κ2) is 6.49. The smallest absolute Gasteiger partial charge is 0.173 e. The van der Waals surface area contributed by atoms with Crippen molar-refractivity contribution in [3.63, 3.8) is 0 Å². The van der Waals surface area contributed by atoms with E-state index in [0.717, 1.165) is 23.9 Å². The fraction of sp³-hybridized carbons (Fsp3) is 0.316. The molecule has 0 bridgehead atoms. The monoisotopic (exact) mass is 310 g/mol. The van der Waals surface area contributed by atoms with Gasteiger partial charge in [-0.1, -0.05) is 48.0 Å². The lowest BCUT2D eigenvalue weighted by molar-refractivity contribution is 0.518. The fourth-order valence-electron chi connectivity index (χ4n) is 2.96. The van der Waals surface area contributed by atoms with Crippen LogP contribution >= 0.6 is 12.2 Å². The van der Waals surface area contributed by atoms with Gasteiger partial charge in [0.1, 0.15) is 0 Å². The predicted octanol–water partition coefficient (Wildman–Crippen LogP) is 4.49. The van der Waals surface area contributed by atoms with Gasteiger partial charge < -0.3 is 10.2 Å². The second-order valence-corrected chi connectivity index (χ2v) is 6.47. The van der Waals surface area contributed by atoms with Crippen molar-refractivity contribution >= 4 is 23.0 Å². The first-order chi connectivity index (χ1) is 10.6. The molecule has 2 aromatic rings. The van der Waals surface area contributed by atoms with Crippen molar-refractivity contribution in [2.45, 2.75) is 26.2 Å². The molecule has 3 heteroatoms. The first-order valence-corrected chi connectivity index (χ1v) is 8.22. The number of hydrogen-bond acceptors (Lipinski definition) is 1. The van der Waals surface area contributed by atoms with Gasteiger partial charge in [0.05, 0.1) is 0 Å². The van der Waals surface area contributed by atoms with E-state index in [4.69, 9.17) is 12.2 Å². The molecule has 2 nitrogen and oxygen atoms in total. The summed E-state index contributed by atoms with van der Waals surface area (Å²) >= 11 is 5.59. The lowest BCUT2D eigenvalue weighted by atomic mass is 9.98. The number of rotatable bonds is 2. The summed E-state index contributed by atoms with van der Waals surface area (Å²) < 4.78 is 0. The van der Waals surface area contributed by atoms with Crippen LogP contribution in [0.3, 0.4) is 0 Å². The van der Waals surface area contributed by atoms with Crippen molar-refractivity contribution in [1.82, 2.24) is 4.90 Å². The van der Waals surface area contributed by atoms with E-state index in [-0.39, 0.29) is 0 Å². The zero-order valence-corrected chi connectivity index (χ0v) is 14.0. The molecule has 1 N–H and O–H groups in total. The molecule has 1 saturated heterocycles. The molecule has 1 unspecified atom stereocenters. The van der Waals surface area contributed by atoms with Crippen LogP contribution in [0, 0.1) is 13.8 Å². The van der Waals surface area contributed by atoms with Crippen molar-refractivity contribution < 1.29 is 0 Å². The summed E-state index contributed by atoms with van der Waals surface area (Å²) in [5, 5.41) is 4.23. The summed E-state index contributed by atoms with van der Waals surface area (Å²) in [4.78, 5) is 2.28. The number of thiocarbonyl (C=S) groups is 1. The highest BCUT2D eigenvalue weighted by Crippen LogP contribution is 2.28. The highest BCUT2D eigenvalue weighted by Gasteiger charge is 2.25. The molecule has 114 valence electrons. The highest BCUT2D eigenvalue weighted by molar-refractivity contribution is 7.80.